The Labute approximate surface area is 224 Å². The number of aryl methyl sites for hydroxylation is 2. The molecule has 0 bridgehead atoms. The van der Waals surface area contributed by atoms with Gasteiger partial charge in [-0.3, -0.25) is 14.3 Å². The Hall–Kier alpha value is -4.19. The number of rotatable bonds is 7. The second-order valence-corrected chi connectivity index (χ2v) is 8.57. The van der Waals surface area contributed by atoms with Crippen LogP contribution in [0.1, 0.15) is 25.0 Å². The molecule has 38 heavy (non-hydrogen) atoms. The molecule has 1 unspecified atom stereocenters. The van der Waals surface area contributed by atoms with Crippen LogP contribution in [0.5, 0.6) is 0 Å². The van der Waals surface area contributed by atoms with E-state index in [0.29, 0.717) is 11.6 Å². The largest absolute Gasteiger partial charge is 0.760 e. The van der Waals surface area contributed by atoms with E-state index in [9.17, 15) is 4.79 Å². The van der Waals surface area contributed by atoms with E-state index in [1.165, 1.54) is 11.1 Å². The molecule has 0 saturated heterocycles. The van der Waals surface area contributed by atoms with Crippen LogP contribution in [0.15, 0.2) is 73.1 Å². The number of pyridine rings is 1. The highest BCUT2D eigenvalue weighted by atomic mass is 32.2. The molecule has 0 radical (unpaired) electrons. The van der Waals surface area contributed by atoms with Gasteiger partial charge in [-0.2, -0.15) is 0 Å². The van der Waals surface area contributed by atoms with E-state index in [1.54, 1.807) is 19.4 Å². The van der Waals surface area contributed by atoms with Crippen LogP contribution in [0.4, 0.5) is 22.1 Å². The first-order chi connectivity index (χ1) is 18.3. The number of benzene rings is 2. The van der Waals surface area contributed by atoms with E-state index in [1.807, 2.05) is 42.5 Å². The van der Waals surface area contributed by atoms with E-state index in [-0.39, 0.29) is 6.03 Å². The number of nitrogens with zero attached hydrogens (tertiary/aromatic N) is 3. The molecule has 2 aromatic heterocycles. The molecule has 4 rings (SSSR count). The maximum absolute atomic E-state index is 11.5. The number of nitrogens with two attached hydrogens (primary N) is 1. The molecule has 0 saturated carbocycles. The van der Waals surface area contributed by atoms with Crippen molar-refractivity contribution >= 4 is 34.6 Å². The lowest BCUT2D eigenvalue weighted by Gasteiger charge is -2.11. The van der Waals surface area contributed by atoms with Crippen molar-refractivity contribution in [3.63, 3.8) is 0 Å². The van der Waals surface area contributed by atoms with E-state index in [0.717, 1.165) is 41.0 Å². The Morgan fingerprint density at radius 1 is 0.868 bits per heavy atom. The molecule has 2 heterocycles. The average molecular weight is 533 g/mol. The van der Waals surface area contributed by atoms with Crippen molar-refractivity contribution in [1.82, 2.24) is 20.3 Å². The number of hydrogen-bond donors (Lipinski definition) is 4. The van der Waals surface area contributed by atoms with Crippen LogP contribution in [0.25, 0.3) is 22.5 Å². The fourth-order valence-corrected chi connectivity index (χ4v) is 3.75. The summed E-state index contributed by atoms with van der Waals surface area (Å²) < 4.78 is 17.6. The summed E-state index contributed by atoms with van der Waals surface area (Å²) in [5.41, 5.74) is 7.90. The van der Waals surface area contributed by atoms with Crippen molar-refractivity contribution in [2.75, 3.05) is 17.7 Å². The monoisotopic (exact) mass is 532 g/mol. The van der Waals surface area contributed by atoms with Crippen molar-refractivity contribution in [2.24, 2.45) is 5.14 Å². The molecule has 1 atom stereocenters. The molecule has 0 aliphatic rings. The molecule has 0 aliphatic heterocycles. The zero-order chi connectivity index (χ0) is 27.5. The van der Waals surface area contributed by atoms with Crippen LogP contribution in [0, 0.1) is 0 Å². The van der Waals surface area contributed by atoms with Gasteiger partial charge in [0.2, 0.25) is 5.95 Å². The molecule has 2 amide bonds. The van der Waals surface area contributed by atoms with E-state index in [2.05, 4.69) is 63.1 Å². The summed E-state index contributed by atoms with van der Waals surface area (Å²) in [5, 5.41) is 12.7. The summed E-state index contributed by atoms with van der Waals surface area (Å²) in [6.45, 7) is 4.34. The Kier molecular flexibility index (Phi) is 10.4. The van der Waals surface area contributed by atoms with Gasteiger partial charge in [-0.05, 0) is 66.4 Å². The molecule has 10 nitrogen and oxygen atoms in total. The quantitative estimate of drug-likeness (QED) is 0.254. The fraction of sp³-hybridized carbons (Fsp3) is 0.185. The number of aromatic nitrogens is 3. The van der Waals surface area contributed by atoms with Crippen LogP contribution >= 0.6 is 0 Å². The molecule has 2 aromatic carbocycles. The summed E-state index contributed by atoms with van der Waals surface area (Å²) in [5.74, 6) is 0.548. The summed E-state index contributed by atoms with van der Waals surface area (Å²) >= 11 is -2.36. The molecule has 0 fully saturated rings. The number of amides is 2. The Morgan fingerprint density at radius 2 is 1.53 bits per heavy atom. The third-order valence-electron chi connectivity index (χ3n) is 5.60. The van der Waals surface area contributed by atoms with E-state index < -0.39 is 11.3 Å². The van der Waals surface area contributed by atoms with Gasteiger partial charge in [-0.25, -0.2) is 14.8 Å². The Bertz CT molecular complexity index is 1390. The first-order valence-corrected chi connectivity index (χ1v) is 13.1. The molecule has 198 valence electrons. The van der Waals surface area contributed by atoms with Gasteiger partial charge >= 0.3 is 6.03 Å². The lowest BCUT2D eigenvalue weighted by molar-refractivity contribution is 0.254. The van der Waals surface area contributed by atoms with Crippen molar-refractivity contribution in [3.05, 3.63) is 84.2 Å². The second kappa shape index (κ2) is 13.9. The summed E-state index contributed by atoms with van der Waals surface area (Å²) in [4.78, 5) is 25.1. The predicted molar refractivity (Wildman–Crippen MR) is 150 cm³/mol. The highest BCUT2D eigenvalue weighted by Gasteiger charge is 2.08. The Balaban J connectivity index is 0.000000934. The maximum Gasteiger partial charge on any atom is 0.318 e. The van der Waals surface area contributed by atoms with E-state index in [4.69, 9.17) is 13.7 Å². The average Bonchev–Trinajstić information content (AvgIpc) is 2.93. The minimum atomic E-state index is -2.36. The summed E-state index contributed by atoms with van der Waals surface area (Å²) in [6, 6.07) is 19.5. The van der Waals surface area contributed by atoms with Crippen LogP contribution in [-0.4, -0.2) is 36.8 Å². The number of hydrogen-bond acceptors (Lipinski definition) is 7. The SMILES string of the molecule is CCc1ccc(Nc2nccc(-c3ccnc(-c4ccc(NC(=O)NC)cc4)c3)n2)cc1CC.NS(=O)[O-]. The number of carbonyl (C=O) groups is 1. The molecule has 0 aliphatic carbocycles. The zero-order valence-electron chi connectivity index (χ0n) is 21.4. The first-order valence-electron chi connectivity index (χ1n) is 11.9. The molecule has 11 heteroatoms. The molecular weight excluding hydrogens is 502 g/mol. The summed E-state index contributed by atoms with van der Waals surface area (Å²) in [6.07, 6.45) is 5.54. The van der Waals surface area contributed by atoms with Gasteiger partial charge in [-0.15, -0.1) is 0 Å². The van der Waals surface area contributed by atoms with Gasteiger partial charge in [0, 0.05) is 53.2 Å². The third-order valence-corrected chi connectivity index (χ3v) is 5.60. The highest BCUT2D eigenvalue weighted by molar-refractivity contribution is 7.76. The maximum atomic E-state index is 11.5. The van der Waals surface area contributed by atoms with Gasteiger partial charge < -0.3 is 20.5 Å². The minimum Gasteiger partial charge on any atom is -0.760 e. The molecule has 0 spiro atoms. The van der Waals surface area contributed by atoms with E-state index >= 15 is 0 Å². The van der Waals surface area contributed by atoms with Gasteiger partial charge in [0.1, 0.15) is 0 Å². The number of nitrogens with one attached hydrogen (secondary N) is 3. The van der Waals surface area contributed by atoms with Crippen LogP contribution in [-0.2, 0) is 24.1 Å². The van der Waals surface area contributed by atoms with Crippen LogP contribution in [0.3, 0.4) is 0 Å². The van der Waals surface area contributed by atoms with Gasteiger partial charge in [0.15, 0.2) is 0 Å². The highest BCUT2D eigenvalue weighted by Crippen LogP contribution is 2.26. The van der Waals surface area contributed by atoms with Gasteiger partial charge in [0.05, 0.1) is 11.4 Å². The van der Waals surface area contributed by atoms with Crippen molar-refractivity contribution < 1.29 is 13.6 Å². The first kappa shape index (κ1) is 28.4. The minimum absolute atomic E-state index is 0.256. The third kappa shape index (κ3) is 8.17. The number of anilines is 3. The summed E-state index contributed by atoms with van der Waals surface area (Å²) in [7, 11) is 1.58. The van der Waals surface area contributed by atoms with Crippen molar-refractivity contribution in [3.8, 4) is 22.5 Å². The molecule has 5 N–H and O–H groups in total. The van der Waals surface area contributed by atoms with Crippen molar-refractivity contribution in [1.29, 1.82) is 0 Å². The standard InChI is InChI=1S/C27H28N6O.H3NO2S/c1-4-18-6-11-23(16-19(18)5-2)31-26-30-15-13-24(33-26)21-12-14-29-25(17-21)20-7-9-22(10-8-20)32-27(34)28-3;1-4(2)3/h6-17H,4-5H2,1-3H3,(H2,28,32,34)(H,30,31,33);1H2,(H,2,3)/p-1. The van der Waals surface area contributed by atoms with Gasteiger partial charge in [0.25, 0.3) is 0 Å². The smallest absolute Gasteiger partial charge is 0.318 e. The van der Waals surface area contributed by atoms with Crippen LogP contribution < -0.4 is 21.1 Å². The lowest BCUT2D eigenvalue weighted by Crippen LogP contribution is -2.24. The van der Waals surface area contributed by atoms with Crippen molar-refractivity contribution in [2.45, 2.75) is 26.7 Å². The van der Waals surface area contributed by atoms with Gasteiger partial charge in [-0.1, -0.05) is 32.0 Å². The lowest BCUT2D eigenvalue weighted by atomic mass is 10.0. The normalized spacial score (nSPS) is 11.1. The zero-order valence-corrected chi connectivity index (χ0v) is 22.2. The molecule has 4 aromatic rings. The fourth-order valence-electron chi connectivity index (χ4n) is 3.75. The topological polar surface area (TPSA) is 158 Å². The Morgan fingerprint density at radius 3 is 2.18 bits per heavy atom. The second-order valence-electron chi connectivity index (χ2n) is 8.05. The van der Waals surface area contributed by atoms with Crippen LogP contribution in [0.2, 0.25) is 0 Å². The molecular formula is C27H30N7O3S-. The predicted octanol–water partition coefficient (Wildman–Crippen LogP) is 4.56. The number of carbonyl (C=O) groups excluding carboxylic acids is 1. The number of urea groups is 1.